The van der Waals surface area contributed by atoms with Gasteiger partial charge in [0, 0.05) is 16.7 Å². The molecular weight excluding hydrogens is 240 g/mol. The SMILES string of the molecule is CC(C)(C)C[C@H](N)c1ccc(Br)cn1. The molecule has 2 nitrogen and oxygen atoms in total. The Morgan fingerprint density at radius 2 is 2.07 bits per heavy atom. The molecule has 1 atom stereocenters. The fraction of sp³-hybridized carbons (Fsp3) is 0.545. The average Bonchev–Trinajstić information content (AvgIpc) is 2.02. The van der Waals surface area contributed by atoms with Crippen molar-refractivity contribution in [2.24, 2.45) is 11.1 Å². The molecule has 0 spiro atoms. The van der Waals surface area contributed by atoms with E-state index in [1.807, 2.05) is 12.1 Å². The average molecular weight is 257 g/mol. The molecule has 3 heteroatoms. The van der Waals surface area contributed by atoms with Crippen LogP contribution < -0.4 is 5.73 Å². The molecular formula is C11H17BrN2. The molecule has 1 rings (SSSR count). The summed E-state index contributed by atoms with van der Waals surface area (Å²) >= 11 is 3.35. The fourth-order valence-electron chi connectivity index (χ4n) is 1.37. The minimum atomic E-state index is 0.0306. The van der Waals surface area contributed by atoms with Gasteiger partial charge in [0.05, 0.1) is 5.69 Å². The van der Waals surface area contributed by atoms with Crippen molar-refractivity contribution in [3.8, 4) is 0 Å². The van der Waals surface area contributed by atoms with Crippen molar-refractivity contribution in [3.63, 3.8) is 0 Å². The molecule has 2 N–H and O–H groups in total. The van der Waals surface area contributed by atoms with Gasteiger partial charge in [-0.05, 0) is 39.9 Å². The van der Waals surface area contributed by atoms with E-state index in [-0.39, 0.29) is 11.5 Å². The van der Waals surface area contributed by atoms with Crippen LogP contribution in [0.1, 0.15) is 38.9 Å². The van der Waals surface area contributed by atoms with Gasteiger partial charge in [-0.2, -0.15) is 0 Å². The number of aromatic nitrogens is 1. The molecule has 1 aromatic rings. The minimum absolute atomic E-state index is 0.0306. The first-order valence-electron chi connectivity index (χ1n) is 4.75. The lowest BCUT2D eigenvalue weighted by atomic mass is 9.87. The summed E-state index contributed by atoms with van der Waals surface area (Å²) in [6.07, 6.45) is 2.74. The van der Waals surface area contributed by atoms with Crippen LogP contribution in [0.5, 0.6) is 0 Å². The maximum Gasteiger partial charge on any atom is 0.0572 e. The first-order valence-corrected chi connectivity index (χ1v) is 5.55. The predicted molar refractivity (Wildman–Crippen MR) is 62.9 cm³/mol. The Labute approximate surface area is 94.0 Å². The van der Waals surface area contributed by atoms with Crippen LogP contribution in [-0.4, -0.2) is 4.98 Å². The lowest BCUT2D eigenvalue weighted by Gasteiger charge is -2.22. The van der Waals surface area contributed by atoms with Crippen LogP contribution in [0.2, 0.25) is 0 Å². The standard InChI is InChI=1S/C11H17BrN2/c1-11(2,3)6-9(13)10-5-4-8(12)7-14-10/h4-5,7,9H,6,13H2,1-3H3/t9-/m0/s1. The number of hydrogen-bond acceptors (Lipinski definition) is 2. The number of hydrogen-bond donors (Lipinski definition) is 1. The molecule has 0 saturated heterocycles. The summed E-state index contributed by atoms with van der Waals surface area (Å²) in [4.78, 5) is 4.29. The summed E-state index contributed by atoms with van der Waals surface area (Å²) in [5, 5.41) is 0. The second kappa shape index (κ2) is 4.41. The summed E-state index contributed by atoms with van der Waals surface area (Å²) in [7, 11) is 0. The molecule has 0 amide bonds. The maximum absolute atomic E-state index is 6.05. The Morgan fingerprint density at radius 1 is 1.43 bits per heavy atom. The quantitative estimate of drug-likeness (QED) is 0.883. The highest BCUT2D eigenvalue weighted by atomic mass is 79.9. The van der Waals surface area contributed by atoms with E-state index in [2.05, 4.69) is 41.7 Å². The maximum atomic E-state index is 6.05. The predicted octanol–water partition coefficient (Wildman–Crippen LogP) is 3.28. The van der Waals surface area contributed by atoms with Gasteiger partial charge in [-0.15, -0.1) is 0 Å². The van der Waals surface area contributed by atoms with Crippen molar-refractivity contribution in [2.75, 3.05) is 0 Å². The lowest BCUT2D eigenvalue weighted by molar-refractivity contribution is 0.340. The van der Waals surface area contributed by atoms with Crippen molar-refractivity contribution in [3.05, 3.63) is 28.5 Å². The van der Waals surface area contributed by atoms with E-state index in [0.717, 1.165) is 16.6 Å². The molecule has 1 aromatic heterocycles. The minimum Gasteiger partial charge on any atom is -0.323 e. The highest BCUT2D eigenvalue weighted by Gasteiger charge is 2.17. The van der Waals surface area contributed by atoms with Gasteiger partial charge >= 0.3 is 0 Å². The fourth-order valence-corrected chi connectivity index (χ4v) is 1.61. The summed E-state index contributed by atoms with van der Waals surface area (Å²) in [6, 6.07) is 3.98. The Hall–Kier alpha value is -0.410. The third-order valence-electron chi connectivity index (χ3n) is 1.96. The normalized spacial score (nSPS) is 14.1. The number of pyridine rings is 1. The first-order chi connectivity index (χ1) is 6.38. The highest BCUT2D eigenvalue weighted by Crippen LogP contribution is 2.26. The summed E-state index contributed by atoms with van der Waals surface area (Å²) < 4.78 is 0.990. The second-order valence-corrected chi connectivity index (χ2v) is 5.69. The van der Waals surface area contributed by atoms with E-state index < -0.39 is 0 Å². The Bertz CT molecular complexity index is 287. The van der Waals surface area contributed by atoms with Crippen LogP contribution in [0.25, 0.3) is 0 Å². The zero-order valence-electron chi connectivity index (χ0n) is 8.92. The van der Waals surface area contributed by atoms with Crippen LogP contribution in [0.15, 0.2) is 22.8 Å². The molecule has 0 bridgehead atoms. The summed E-state index contributed by atoms with van der Waals surface area (Å²) in [5.74, 6) is 0. The summed E-state index contributed by atoms with van der Waals surface area (Å²) in [6.45, 7) is 6.56. The third-order valence-corrected chi connectivity index (χ3v) is 2.43. The Kier molecular flexibility index (Phi) is 3.67. The van der Waals surface area contributed by atoms with E-state index >= 15 is 0 Å². The van der Waals surface area contributed by atoms with Crippen molar-refractivity contribution in [2.45, 2.75) is 33.2 Å². The van der Waals surface area contributed by atoms with Crippen LogP contribution >= 0.6 is 15.9 Å². The molecule has 0 aliphatic carbocycles. The van der Waals surface area contributed by atoms with Crippen LogP contribution in [0, 0.1) is 5.41 Å². The van der Waals surface area contributed by atoms with Crippen LogP contribution in [-0.2, 0) is 0 Å². The van der Waals surface area contributed by atoms with Crippen molar-refractivity contribution in [1.29, 1.82) is 0 Å². The van der Waals surface area contributed by atoms with Crippen molar-refractivity contribution >= 4 is 15.9 Å². The second-order valence-electron chi connectivity index (χ2n) is 4.77. The van der Waals surface area contributed by atoms with Crippen molar-refractivity contribution in [1.82, 2.24) is 4.98 Å². The third kappa shape index (κ3) is 3.76. The van der Waals surface area contributed by atoms with Gasteiger partial charge in [0.1, 0.15) is 0 Å². The molecule has 0 aliphatic heterocycles. The van der Waals surface area contributed by atoms with Gasteiger partial charge < -0.3 is 5.73 Å². The molecule has 0 aliphatic rings. The van der Waals surface area contributed by atoms with Crippen LogP contribution in [0.3, 0.4) is 0 Å². The number of nitrogens with two attached hydrogens (primary N) is 1. The molecule has 0 unspecified atom stereocenters. The Balaban J connectivity index is 2.70. The van der Waals surface area contributed by atoms with Gasteiger partial charge in [0.15, 0.2) is 0 Å². The number of nitrogens with zero attached hydrogens (tertiary/aromatic N) is 1. The van der Waals surface area contributed by atoms with Gasteiger partial charge in [-0.25, -0.2) is 0 Å². The number of rotatable bonds is 2. The van der Waals surface area contributed by atoms with Gasteiger partial charge in [-0.1, -0.05) is 20.8 Å². The highest BCUT2D eigenvalue weighted by molar-refractivity contribution is 9.10. The van der Waals surface area contributed by atoms with Crippen LogP contribution in [0.4, 0.5) is 0 Å². The van der Waals surface area contributed by atoms with E-state index in [0.29, 0.717) is 0 Å². The van der Waals surface area contributed by atoms with E-state index in [1.165, 1.54) is 0 Å². The van der Waals surface area contributed by atoms with E-state index in [4.69, 9.17) is 5.73 Å². The van der Waals surface area contributed by atoms with Gasteiger partial charge in [0.2, 0.25) is 0 Å². The monoisotopic (exact) mass is 256 g/mol. The molecule has 0 fully saturated rings. The largest absolute Gasteiger partial charge is 0.323 e. The van der Waals surface area contributed by atoms with Crippen molar-refractivity contribution < 1.29 is 0 Å². The number of halogens is 1. The Morgan fingerprint density at radius 3 is 2.50 bits per heavy atom. The van der Waals surface area contributed by atoms with E-state index in [1.54, 1.807) is 6.20 Å². The first kappa shape index (κ1) is 11.7. The smallest absolute Gasteiger partial charge is 0.0572 e. The summed E-state index contributed by atoms with van der Waals surface area (Å²) in [5.41, 5.74) is 7.26. The molecule has 0 aromatic carbocycles. The van der Waals surface area contributed by atoms with E-state index in [9.17, 15) is 0 Å². The topological polar surface area (TPSA) is 38.9 Å². The molecule has 0 saturated carbocycles. The molecule has 14 heavy (non-hydrogen) atoms. The molecule has 1 heterocycles. The zero-order chi connectivity index (χ0) is 10.8. The van der Waals surface area contributed by atoms with Gasteiger partial charge in [0.25, 0.3) is 0 Å². The zero-order valence-corrected chi connectivity index (χ0v) is 10.5. The molecule has 0 radical (unpaired) electrons. The molecule has 78 valence electrons. The van der Waals surface area contributed by atoms with Gasteiger partial charge in [-0.3, -0.25) is 4.98 Å². The lowest BCUT2D eigenvalue weighted by Crippen LogP contribution is -2.19.